The topological polar surface area (TPSA) is 23.6 Å². The van der Waals surface area contributed by atoms with Crippen molar-refractivity contribution < 1.29 is 4.79 Å². The zero-order chi connectivity index (χ0) is 15.4. The van der Waals surface area contributed by atoms with Gasteiger partial charge >= 0.3 is 0 Å². The van der Waals surface area contributed by atoms with Crippen LogP contribution in [-0.4, -0.2) is 37.0 Å². The van der Waals surface area contributed by atoms with Crippen LogP contribution >= 0.6 is 0 Å². The highest BCUT2D eigenvalue weighted by atomic mass is 16.2. The van der Waals surface area contributed by atoms with E-state index in [1.54, 1.807) is 0 Å². The fourth-order valence-corrected chi connectivity index (χ4v) is 3.67. The number of aryl methyl sites for hydroxylation is 1. The summed E-state index contributed by atoms with van der Waals surface area (Å²) >= 11 is 0. The summed E-state index contributed by atoms with van der Waals surface area (Å²) in [6, 6.07) is 8.82. The van der Waals surface area contributed by atoms with Crippen LogP contribution < -0.4 is 4.90 Å². The van der Waals surface area contributed by atoms with E-state index in [0.29, 0.717) is 18.2 Å². The maximum Gasteiger partial charge on any atom is 0.222 e. The second-order valence-electron chi connectivity index (χ2n) is 6.95. The van der Waals surface area contributed by atoms with Gasteiger partial charge in [-0.25, -0.2) is 0 Å². The normalized spacial score (nSPS) is 22.1. The van der Waals surface area contributed by atoms with Gasteiger partial charge in [-0.1, -0.05) is 19.1 Å². The van der Waals surface area contributed by atoms with Crippen LogP contribution in [0.15, 0.2) is 24.3 Å². The molecule has 0 aromatic heterocycles. The second-order valence-corrected chi connectivity index (χ2v) is 6.95. The van der Waals surface area contributed by atoms with E-state index in [2.05, 4.69) is 41.0 Å². The highest BCUT2D eigenvalue weighted by molar-refractivity contribution is 5.76. The molecule has 0 N–H and O–H groups in total. The minimum absolute atomic E-state index is 0.329. The lowest BCUT2D eigenvalue weighted by Gasteiger charge is -2.31. The van der Waals surface area contributed by atoms with Gasteiger partial charge in [0.2, 0.25) is 5.91 Å². The van der Waals surface area contributed by atoms with Crippen LogP contribution in [0.1, 0.15) is 44.6 Å². The fourth-order valence-electron chi connectivity index (χ4n) is 3.67. The molecule has 2 aliphatic rings. The number of anilines is 1. The lowest BCUT2D eigenvalue weighted by atomic mass is 9.99. The summed E-state index contributed by atoms with van der Waals surface area (Å²) in [7, 11) is 0. The SMILES string of the molecule is CC1CCCN(C(=O)CCc2ccc(N3CCCC3)cc2)C1. The molecule has 0 radical (unpaired) electrons. The zero-order valence-corrected chi connectivity index (χ0v) is 13.8. The highest BCUT2D eigenvalue weighted by Crippen LogP contribution is 2.21. The molecule has 3 nitrogen and oxygen atoms in total. The van der Waals surface area contributed by atoms with Crippen molar-refractivity contribution in [3.8, 4) is 0 Å². The van der Waals surface area contributed by atoms with Gasteiger partial charge < -0.3 is 9.80 Å². The molecular weight excluding hydrogens is 272 g/mol. The Balaban J connectivity index is 1.49. The van der Waals surface area contributed by atoms with Gasteiger partial charge in [0.25, 0.3) is 0 Å². The van der Waals surface area contributed by atoms with Crippen molar-refractivity contribution in [2.45, 2.75) is 45.4 Å². The summed E-state index contributed by atoms with van der Waals surface area (Å²) in [6.45, 7) is 6.52. The van der Waals surface area contributed by atoms with E-state index in [-0.39, 0.29) is 0 Å². The van der Waals surface area contributed by atoms with Gasteiger partial charge in [-0.2, -0.15) is 0 Å². The van der Waals surface area contributed by atoms with Crippen LogP contribution in [0.5, 0.6) is 0 Å². The third kappa shape index (κ3) is 3.82. The zero-order valence-electron chi connectivity index (χ0n) is 13.8. The lowest BCUT2D eigenvalue weighted by molar-refractivity contribution is -0.132. The van der Waals surface area contributed by atoms with Gasteiger partial charge in [-0.3, -0.25) is 4.79 Å². The van der Waals surface area contributed by atoms with Crippen LogP contribution in [0.3, 0.4) is 0 Å². The molecule has 1 aromatic carbocycles. The smallest absolute Gasteiger partial charge is 0.222 e. The summed E-state index contributed by atoms with van der Waals surface area (Å²) < 4.78 is 0. The molecule has 0 aliphatic carbocycles. The number of amides is 1. The molecule has 2 saturated heterocycles. The number of nitrogens with zero attached hydrogens (tertiary/aromatic N) is 2. The molecule has 1 amide bonds. The summed E-state index contributed by atoms with van der Waals surface area (Å²) in [4.78, 5) is 16.8. The van der Waals surface area contributed by atoms with Crippen LogP contribution in [0.4, 0.5) is 5.69 Å². The van der Waals surface area contributed by atoms with Crippen molar-refractivity contribution in [1.82, 2.24) is 4.90 Å². The third-order valence-electron chi connectivity index (χ3n) is 5.04. The molecule has 2 heterocycles. The summed E-state index contributed by atoms with van der Waals surface area (Å²) in [5.74, 6) is 0.993. The summed E-state index contributed by atoms with van der Waals surface area (Å²) in [6.07, 6.45) is 6.56. The first-order valence-corrected chi connectivity index (χ1v) is 8.84. The minimum Gasteiger partial charge on any atom is -0.372 e. The van der Waals surface area contributed by atoms with Crippen molar-refractivity contribution in [1.29, 1.82) is 0 Å². The number of carbonyl (C=O) groups excluding carboxylic acids is 1. The summed E-state index contributed by atoms with van der Waals surface area (Å²) in [5, 5.41) is 0. The van der Waals surface area contributed by atoms with Crippen LogP contribution in [-0.2, 0) is 11.2 Å². The fraction of sp³-hybridized carbons (Fsp3) is 0.632. The van der Waals surface area contributed by atoms with Crippen molar-refractivity contribution in [2.24, 2.45) is 5.92 Å². The molecular formula is C19H28N2O. The Morgan fingerprint density at radius 3 is 2.50 bits per heavy atom. The molecule has 0 spiro atoms. The van der Waals surface area contributed by atoms with E-state index in [4.69, 9.17) is 0 Å². The van der Waals surface area contributed by atoms with E-state index >= 15 is 0 Å². The molecule has 2 aliphatic heterocycles. The van der Waals surface area contributed by atoms with Gasteiger partial charge in [0.1, 0.15) is 0 Å². The highest BCUT2D eigenvalue weighted by Gasteiger charge is 2.20. The van der Waals surface area contributed by atoms with Gasteiger partial charge in [0.15, 0.2) is 0 Å². The van der Waals surface area contributed by atoms with Crippen molar-refractivity contribution >= 4 is 11.6 Å². The Kier molecular flexibility index (Phi) is 5.01. The number of likely N-dealkylation sites (tertiary alicyclic amines) is 1. The average molecular weight is 300 g/mol. The first-order chi connectivity index (χ1) is 10.7. The quantitative estimate of drug-likeness (QED) is 0.850. The van der Waals surface area contributed by atoms with Gasteiger partial charge in [0.05, 0.1) is 0 Å². The maximum absolute atomic E-state index is 12.3. The van der Waals surface area contributed by atoms with Gasteiger partial charge in [-0.15, -0.1) is 0 Å². The molecule has 22 heavy (non-hydrogen) atoms. The van der Waals surface area contributed by atoms with Crippen LogP contribution in [0, 0.1) is 5.92 Å². The van der Waals surface area contributed by atoms with E-state index < -0.39 is 0 Å². The molecule has 120 valence electrons. The first kappa shape index (κ1) is 15.4. The molecule has 3 rings (SSSR count). The first-order valence-electron chi connectivity index (χ1n) is 8.84. The van der Waals surface area contributed by atoms with Crippen LogP contribution in [0.2, 0.25) is 0 Å². The van der Waals surface area contributed by atoms with Crippen molar-refractivity contribution in [3.05, 3.63) is 29.8 Å². The van der Waals surface area contributed by atoms with Crippen molar-refractivity contribution in [2.75, 3.05) is 31.1 Å². The van der Waals surface area contributed by atoms with E-state index in [1.807, 2.05) is 0 Å². The number of benzene rings is 1. The Labute approximate surface area is 134 Å². The molecule has 1 unspecified atom stereocenters. The summed E-state index contributed by atoms with van der Waals surface area (Å²) in [5.41, 5.74) is 2.61. The molecule has 0 saturated carbocycles. The Morgan fingerprint density at radius 1 is 1.09 bits per heavy atom. The number of carbonyl (C=O) groups is 1. The van der Waals surface area contributed by atoms with E-state index in [9.17, 15) is 4.79 Å². The monoisotopic (exact) mass is 300 g/mol. The molecule has 0 bridgehead atoms. The third-order valence-corrected chi connectivity index (χ3v) is 5.04. The molecule has 3 heteroatoms. The average Bonchev–Trinajstić information content (AvgIpc) is 3.07. The standard InChI is InChI=1S/C19H28N2O/c1-16-5-4-14-21(15-16)19(22)11-8-17-6-9-18(10-7-17)20-12-2-3-13-20/h6-7,9-10,16H,2-5,8,11-15H2,1H3. The number of rotatable bonds is 4. The molecule has 2 fully saturated rings. The Hall–Kier alpha value is -1.51. The molecule has 1 atom stereocenters. The van der Waals surface area contributed by atoms with Gasteiger partial charge in [-0.05, 0) is 55.7 Å². The number of hydrogen-bond acceptors (Lipinski definition) is 2. The van der Waals surface area contributed by atoms with Crippen molar-refractivity contribution in [3.63, 3.8) is 0 Å². The number of piperidine rings is 1. The largest absolute Gasteiger partial charge is 0.372 e. The predicted octanol–water partition coefficient (Wildman–Crippen LogP) is 3.48. The predicted molar refractivity (Wildman–Crippen MR) is 91.2 cm³/mol. The van der Waals surface area contributed by atoms with Gasteiger partial charge in [0, 0.05) is 38.3 Å². The van der Waals surface area contributed by atoms with E-state index in [0.717, 1.165) is 25.9 Å². The van der Waals surface area contributed by atoms with Crippen LogP contribution in [0.25, 0.3) is 0 Å². The Morgan fingerprint density at radius 2 is 1.82 bits per heavy atom. The lowest BCUT2D eigenvalue weighted by Crippen LogP contribution is -2.39. The maximum atomic E-state index is 12.3. The van der Waals surface area contributed by atoms with E-state index in [1.165, 1.54) is 43.6 Å². The number of hydrogen-bond donors (Lipinski definition) is 0. The molecule has 1 aromatic rings. The Bertz CT molecular complexity index is 491. The second kappa shape index (κ2) is 7.17. The minimum atomic E-state index is 0.329.